The molecule has 2 nitrogen and oxygen atoms in total. The number of nitrogens with zero attached hydrogens (tertiary/aromatic N) is 1. The lowest BCUT2D eigenvalue weighted by molar-refractivity contribution is 0.134. The molecular formula is C14H21NO. The molecule has 1 aromatic rings. The van der Waals surface area contributed by atoms with Gasteiger partial charge in [-0.25, -0.2) is 0 Å². The van der Waals surface area contributed by atoms with Gasteiger partial charge in [-0.15, -0.1) is 0 Å². The van der Waals surface area contributed by atoms with Crippen LogP contribution in [0, 0.1) is 0 Å². The second kappa shape index (κ2) is 5.46. The zero-order chi connectivity index (χ0) is 11.4. The van der Waals surface area contributed by atoms with Gasteiger partial charge in [-0.3, -0.25) is 4.90 Å². The van der Waals surface area contributed by atoms with E-state index in [1.54, 1.807) is 11.1 Å². The normalized spacial score (nSPS) is 15.2. The van der Waals surface area contributed by atoms with E-state index in [-0.39, 0.29) is 6.73 Å². The van der Waals surface area contributed by atoms with Crippen LogP contribution in [0.3, 0.4) is 0 Å². The Morgan fingerprint density at radius 3 is 2.69 bits per heavy atom. The lowest BCUT2D eigenvalue weighted by Crippen LogP contribution is -2.22. The minimum absolute atomic E-state index is 0.144. The molecule has 0 fully saturated rings. The van der Waals surface area contributed by atoms with Crippen LogP contribution in [0.15, 0.2) is 18.2 Å². The maximum absolute atomic E-state index is 8.93. The van der Waals surface area contributed by atoms with Crippen molar-refractivity contribution in [3.05, 3.63) is 34.9 Å². The third-order valence-electron chi connectivity index (χ3n) is 3.44. The monoisotopic (exact) mass is 219 g/mol. The largest absolute Gasteiger partial charge is 0.381 e. The second-order valence-corrected chi connectivity index (χ2v) is 4.78. The molecular weight excluding hydrogens is 198 g/mol. The van der Waals surface area contributed by atoms with Crippen molar-refractivity contribution in [1.29, 1.82) is 0 Å². The molecule has 2 heteroatoms. The van der Waals surface area contributed by atoms with E-state index in [4.69, 9.17) is 5.11 Å². The van der Waals surface area contributed by atoms with Gasteiger partial charge in [0.15, 0.2) is 0 Å². The molecule has 0 saturated carbocycles. The highest BCUT2D eigenvalue weighted by molar-refractivity contribution is 5.33. The van der Waals surface area contributed by atoms with E-state index in [1.807, 2.05) is 11.9 Å². The fourth-order valence-electron chi connectivity index (χ4n) is 2.33. The number of aliphatic hydroxyl groups is 1. The number of aliphatic hydroxyl groups excluding tert-OH is 1. The Morgan fingerprint density at radius 2 is 1.94 bits per heavy atom. The summed E-state index contributed by atoms with van der Waals surface area (Å²) in [5.41, 5.74) is 4.50. The summed E-state index contributed by atoms with van der Waals surface area (Å²) in [6.45, 7) is 1.07. The van der Waals surface area contributed by atoms with Crippen LogP contribution in [0.2, 0.25) is 0 Å². The fourth-order valence-corrected chi connectivity index (χ4v) is 2.33. The number of likely N-dealkylation sites (N-methyl/N-ethyl adjacent to an activating group) is 1. The molecule has 1 aromatic carbocycles. The van der Waals surface area contributed by atoms with Crippen molar-refractivity contribution in [3.8, 4) is 0 Å². The van der Waals surface area contributed by atoms with Gasteiger partial charge in [-0.1, -0.05) is 18.2 Å². The Bertz CT molecular complexity index is 349. The summed E-state index contributed by atoms with van der Waals surface area (Å²) in [6.07, 6.45) is 6.22. The van der Waals surface area contributed by atoms with E-state index in [9.17, 15) is 0 Å². The van der Waals surface area contributed by atoms with Crippen molar-refractivity contribution in [2.24, 2.45) is 0 Å². The lowest BCUT2D eigenvalue weighted by atomic mass is 9.90. The molecule has 16 heavy (non-hydrogen) atoms. The smallest absolute Gasteiger partial charge is 0.0954 e. The molecule has 0 heterocycles. The predicted octanol–water partition coefficient (Wildman–Crippen LogP) is 1.99. The summed E-state index contributed by atoms with van der Waals surface area (Å²) in [6, 6.07) is 6.90. The van der Waals surface area contributed by atoms with Gasteiger partial charge in [0, 0.05) is 6.54 Å². The molecule has 0 unspecified atom stereocenters. The molecule has 0 amide bonds. The van der Waals surface area contributed by atoms with Crippen molar-refractivity contribution in [2.75, 3.05) is 20.3 Å². The summed E-state index contributed by atoms with van der Waals surface area (Å²) < 4.78 is 0. The third kappa shape index (κ3) is 2.83. The molecule has 0 atom stereocenters. The van der Waals surface area contributed by atoms with E-state index in [1.165, 1.54) is 31.2 Å². The van der Waals surface area contributed by atoms with Crippen LogP contribution in [0.4, 0.5) is 0 Å². The van der Waals surface area contributed by atoms with Gasteiger partial charge >= 0.3 is 0 Å². The average molecular weight is 219 g/mol. The first-order valence-corrected chi connectivity index (χ1v) is 6.19. The Hall–Kier alpha value is -0.860. The molecule has 2 rings (SSSR count). The number of benzene rings is 1. The van der Waals surface area contributed by atoms with Gasteiger partial charge < -0.3 is 5.11 Å². The Kier molecular flexibility index (Phi) is 3.97. The van der Waals surface area contributed by atoms with Crippen LogP contribution in [-0.4, -0.2) is 30.3 Å². The second-order valence-electron chi connectivity index (χ2n) is 4.78. The van der Waals surface area contributed by atoms with Gasteiger partial charge in [0.1, 0.15) is 0 Å². The van der Waals surface area contributed by atoms with E-state index in [0.717, 1.165) is 13.0 Å². The number of rotatable bonds is 4. The van der Waals surface area contributed by atoms with Crippen LogP contribution in [-0.2, 0) is 19.3 Å². The molecule has 0 radical (unpaired) electrons. The van der Waals surface area contributed by atoms with E-state index in [2.05, 4.69) is 18.2 Å². The topological polar surface area (TPSA) is 23.5 Å². The first-order valence-electron chi connectivity index (χ1n) is 6.19. The van der Waals surface area contributed by atoms with Crippen molar-refractivity contribution in [3.63, 3.8) is 0 Å². The lowest BCUT2D eigenvalue weighted by Gasteiger charge is -2.17. The zero-order valence-electron chi connectivity index (χ0n) is 10.1. The van der Waals surface area contributed by atoms with Crippen LogP contribution in [0.5, 0.6) is 0 Å². The number of hydrogen-bond acceptors (Lipinski definition) is 2. The summed E-state index contributed by atoms with van der Waals surface area (Å²) in [4.78, 5) is 1.93. The fraction of sp³-hybridized carbons (Fsp3) is 0.571. The Balaban J connectivity index is 2.00. The van der Waals surface area contributed by atoms with Crippen molar-refractivity contribution >= 4 is 0 Å². The van der Waals surface area contributed by atoms with Gasteiger partial charge in [0.25, 0.3) is 0 Å². The molecule has 0 spiro atoms. The van der Waals surface area contributed by atoms with Crippen LogP contribution in [0.25, 0.3) is 0 Å². The highest BCUT2D eigenvalue weighted by Crippen LogP contribution is 2.22. The molecule has 0 aliphatic heterocycles. The van der Waals surface area contributed by atoms with Gasteiger partial charge in [0.05, 0.1) is 6.73 Å². The average Bonchev–Trinajstić information content (AvgIpc) is 2.35. The molecule has 0 aromatic heterocycles. The minimum Gasteiger partial charge on any atom is -0.381 e. The summed E-state index contributed by atoms with van der Waals surface area (Å²) in [5, 5.41) is 8.93. The first-order chi connectivity index (χ1) is 7.79. The van der Waals surface area contributed by atoms with E-state index in [0.29, 0.717) is 0 Å². The summed E-state index contributed by atoms with van der Waals surface area (Å²) >= 11 is 0. The van der Waals surface area contributed by atoms with Gasteiger partial charge in [0.2, 0.25) is 0 Å². The molecule has 1 N–H and O–H groups in total. The van der Waals surface area contributed by atoms with Crippen LogP contribution in [0.1, 0.15) is 29.5 Å². The molecule has 0 saturated heterocycles. The quantitative estimate of drug-likeness (QED) is 0.783. The summed E-state index contributed by atoms with van der Waals surface area (Å²) in [7, 11) is 1.94. The molecule has 1 aliphatic carbocycles. The number of hydrogen-bond donors (Lipinski definition) is 1. The molecule has 0 bridgehead atoms. The van der Waals surface area contributed by atoms with Gasteiger partial charge in [-0.2, -0.15) is 0 Å². The summed E-state index contributed by atoms with van der Waals surface area (Å²) in [5.74, 6) is 0. The number of aryl methyl sites for hydroxylation is 2. The minimum atomic E-state index is 0.144. The van der Waals surface area contributed by atoms with Crippen molar-refractivity contribution < 1.29 is 5.11 Å². The first kappa shape index (κ1) is 11.6. The van der Waals surface area contributed by atoms with Crippen molar-refractivity contribution in [2.45, 2.75) is 32.1 Å². The van der Waals surface area contributed by atoms with Crippen LogP contribution < -0.4 is 0 Å². The molecule has 1 aliphatic rings. The Labute approximate surface area is 97.9 Å². The third-order valence-corrected chi connectivity index (χ3v) is 3.44. The van der Waals surface area contributed by atoms with E-state index >= 15 is 0 Å². The molecule has 88 valence electrons. The van der Waals surface area contributed by atoms with Gasteiger partial charge in [-0.05, 0) is 55.8 Å². The highest BCUT2D eigenvalue weighted by atomic mass is 16.3. The maximum Gasteiger partial charge on any atom is 0.0954 e. The highest BCUT2D eigenvalue weighted by Gasteiger charge is 2.09. The standard InChI is InChI=1S/C14H21NO/c1-15(11-16)9-8-12-6-7-13-4-2-3-5-14(13)10-12/h6-7,10,16H,2-5,8-9,11H2,1H3. The predicted molar refractivity (Wildman–Crippen MR) is 66.5 cm³/mol. The Morgan fingerprint density at radius 1 is 1.19 bits per heavy atom. The maximum atomic E-state index is 8.93. The zero-order valence-corrected chi connectivity index (χ0v) is 10.1. The van der Waals surface area contributed by atoms with Crippen molar-refractivity contribution in [1.82, 2.24) is 4.90 Å². The number of fused-ring (bicyclic) bond motifs is 1. The van der Waals surface area contributed by atoms with Crippen LogP contribution >= 0.6 is 0 Å². The van der Waals surface area contributed by atoms with E-state index < -0.39 is 0 Å². The SMILES string of the molecule is CN(CO)CCc1ccc2c(c1)CCCC2.